The Morgan fingerprint density at radius 1 is 1.32 bits per heavy atom. The molecular weight excluding hydrogens is 538 g/mol. The van der Waals surface area contributed by atoms with Crippen molar-refractivity contribution in [3.63, 3.8) is 0 Å². The second kappa shape index (κ2) is 10.1. The number of β-lactam (4-membered cyclic amide) rings is 1. The molecule has 15 nitrogen and oxygen atoms in total. The fourth-order valence-corrected chi connectivity index (χ4v) is 6.55. The number of nitrogens with two attached hydrogens (primary N) is 1. The van der Waals surface area contributed by atoms with Gasteiger partial charge in [-0.2, -0.15) is 9.36 Å². The molecule has 5 rings (SSSR count). The number of nitrogens with zero attached hydrogens (tertiary/aromatic N) is 6. The van der Waals surface area contributed by atoms with E-state index in [1.54, 1.807) is 11.0 Å². The Hall–Kier alpha value is -3.99. The molecule has 38 heavy (non-hydrogen) atoms. The molecule has 5 heterocycles. The highest BCUT2D eigenvalue weighted by Crippen LogP contribution is 2.41. The number of fused-ring (bicyclic) bond motifs is 1. The van der Waals surface area contributed by atoms with Gasteiger partial charge in [0.25, 0.3) is 11.8 Å². The predicted molar refractivity (Wildman–Crippen MR) is 135 cm³/mol. The van der Waals surface area contributed by atoms with E-state index in [0.29, 0.717) is 36.6 Å². The summed E-state index contributed by atoms with van der Waals surface area (Å²) in [5.74, 6) is -2.73. The molecule has 0 radical (unpaired) electrons. The van der Waals surface area contributed by atoms with Gasteiger partial charge in [0.2, 0.25) is 17.4 Å². The Balaban J connectivity index is 1.28. The second-order valence-corrected chi connectivity index (χ2v) is 11.0. The number of amides is 3. The van der Waals surface area contributed by atoms with Crippen molar-refractivity contribution in [2.45, 2.75) is 17.8 Å². The minimum absolute atomic E-state index is 0.0573. The molecule has 0 spiro atoms. The molecule has 0 aliphatic carbocycles. The lowest BCUT2D eigenvalue weighted by Gasteiger charge is -2.49. The van der Waals surface area contributed by atoms with Crippen LogP contribution in [0.2, 0.25) is 0 Å². The van der Waals surface area contributed by atoms with E-state index in [2.05, 4.69) is 19.8 Å². The van der Waals surface area contributed by atoms with Crippen molar-refractivity contribution < 1.29 is 29.5 Å². The summed E-state index contributed by atoms with van der Waals surface area (Å²) >= 11 is 2.05. The van der Waals surface area contributed by atoms with Crippen LogP contribution >= 0.6 is 23.3 Å². The molecule has 0 unspecified atom stereocenters. The molecule has 6 N–H and O–H groups in total. The van der Waals surface area contributed by atoms with Crippen LogP contribution in [0.1, 0.15) is 12.2 Å². The number of hydrogen-bond acceptors (Lipinski definition) is 12. The van der Waals surface area contributed by atoms with E-state index in [-0.39, 0.29) is 28.3 Å². The summed E-state index contributed by atoms with van der Waals surface area (Å²) in [6, 6.07) is -1.06. The van der Waals surface area contributed by atoms with Crippen molar-refractivity contribution in [1.82, 2.24) is 29.4 Å². The number of likely N-dealkylation sites (tertiary alicyclic amines) is 2. The quantitative estimate of drug-likeness (QED) is 0.0629. The summed E-state index contributed by atoms with van der Waals surface area (Å²) in [7, 11) is 0. The van der Waals surface area contributed by atoms with Gasteiger partial charge >= 0.3 is 5.97 Å². The van der Waals surface area contributed by atoms with Crippen LogP contribution in [0.15, 0.2) is 28.1 Å². The van der Waals surface area contributed by atoms with Gasteiger partial charge in [-0.25, -0.2) is 4.79 Å². The van der Waals surface area contributed by atoms with Gasteiger partial charge in [0.05, 0.1) is 6.34 Å². The monoisotopic (exact) mass is 561 g/mol. The number of anilines is 1. The number of oxime groups is 1. The van der Waals surface area contributed by atoms with Crippen molar-refractivity contribution in [3.8, 4) is 0 Å². The number of thioether (sulfide) groups is 1. The summed E-state index contributed by atoms with van der Waals surface area (Å²) in [6.45, 7) is 2.57. The van der Waals surface area contributed by atoms with Gasteiger partial charge in [-0.05, 0) is 18.1 Å². The minimum atomic E-state index is -1.32. The van der Waals surface area contributed by atoms with Gasteiger partial charge in [0.15, 0.2) is 5.13 Å². The number of nitrogens with one attached hydrogen (secondary N) is 2. The van der Waals surface area contributed by atoms with Crippen LogP contribution < -0.4 is 11.1 Å². The van der Waals surface area contributed by atoms with Crippen molar-refractivity contribution in [2.75, 3.05) is 37.7 Å². The molecule has 2 atom stereocenters. The average Bonchev–Trinajstić information content (AvgIpc) is 3.44. The van der Waals surface area contributed by atoms with E-state index < -0.39 is 34.9 Å². The summed E-state index contributed by atoms with van der Waals surface area (Å²) in [5.41, 5.74) is 5.58. The Bertz CT molecular complexity index is 1320. The van der Waals surface area contributed by atoms with Gasteiger partial charge in [-0.3, -0.25) is 24.7 Å². The molecule has 3 fully saturated rings. The molecule has 1 aromatic heterocycles. The van der Waals surface area contributed by atoms with Gasteiger partial charge < -0.3 is 31.2 Å². The lowest BCUT2D eigenvalue weighted by molar-refractivity contribution is -0.150. The van der Waals surface area contributed by atoms with Crippen molar-refractivity contribution in [2.24, 2.45) is 11.1 Å². The van der Waals surface area contributed by atoms with Crippen LogP contribution in [0.25, 0.3) is 0 Å². The number of carbonyl (C=O) groups excluding carboxylic acids is 3. The standard InChI is InChI=1S/C21H23N9O6S2/c22-8-28-4-9(5-28)6-29-2-1-10(17(29)32)3-11-7-37-19-13(18(33)30(19)14(11)20(34)35)24-16(31)12(26-36)15-25-21(23)38-27-15/h3,8-9,13,19,22,36H,1-2,4-7H2,(H,24,31)(H,34,35)(H2,23,25,27)/b10-3?,22-8?,26-12-/t13-,19-/m1/s1. The van der Waals surface area contributed by atoms with Crippen LogP contribution in [0, 0.1) is 11.3 Å². The van der Waals surface area contributed by atoms with Crippen molar-refractivity contribution >= 4 is 64.2 Å². The molecule has 0 aromatic carbocycles. The summed E-state index contributed by atoms with van der Waals surface area (Å²) < 4.78 is 3.82. The normalized spacial score (nSPS) is 24.9. The first-order valence-corrected chi connectivity index (χ1v) is 13.3. The number of hydrogen-bond donors (Lipinski definition) is 5. The number of carbonyl (C=O) groups is 4. The smallest absolute Gasteiger partial charge is 0.352 e. The Morgan fingerprint density at radius 2 is 2.08 bits per heavy atom. The zero-order chi connectivity index (χ0) is 27.1. The average molecular weight is 562 g/mol. The third kappa shape index (κ3) is 4.47. The summed E-state index contributed by atoms with van der Waals surface area (Å²) in [4.78, 5) is 59.2. The molecule has 0 saturated carbocycles. The van der Waals surface area contributed by atoms with Crippen LogP contribution in [-0.4, -0.2) is 113 Å². The molecular formula is C21H23N9O6S2. The topological polar surface area (TPSA) is 218 Å². The Kier molecular flexibility index (Phi) is 6.78. The highest BCUT2D eigenvalue weighted by Gasteiger charge is 2.54. The Labute approximate surface area is 223 Å². The van der Waals surface area contributed by atoms with Crippen molar-refractivity contribution in [1.29, 1.82) is 5.41 Å². The molecule has 0 bridgehead atoms. The third-order valence-corrected chi connectivity index (χ3v) is 8.51. The zero-order valence-corrected chi connectivity index (χ0v) is 21.4. The van der Waals surface area contributed by atoms with Crippen LogP contribution in [0.3, 0.4) is 0 Å². The first kappa shape index (κ1) is 25.7. The number of carboxylic acids is 1. The maximum Gasteiger partial charge on any atom is 0.352 e. The first-order valence-electron chi connectivity index (χ1n) is 11.5. The highest BCUT2D eigenvalue weighted by atomic mass is 32.2. The molecule has 3 amide bonds. The van der Waals surface area contributed by atoms with Gasteiger partial charge in [-0.15, -0.1) is 11.8 Å². The number of rotatable bonds is 8. The van der Waals surface area contributed by atoms with Crippen LogP contribution in [-0.2, 0) is 19.2 Å². The summed E-state index contributed by atoms with van der Waals surface area (Å²) in [6.07, 6.45) is 3.31. The van der Waals surface area contributed by atoms with E-state index in [9.17, 15) is 29.5 Å². The predicted octanol–water partition coefficient (Wildman–Crippen LogP) is -1.27. The fourth-order valence-electron chi connectivity index (χ4n) is 4.81. The lowest BCUT2D eigenvalue weighted by Crippen LogP contribution is -2.71. The molecule has 4 aliphatic heterocycles. The van der Waals surface area contributed by atoms with Gasteiger partial charge in [0.1, 0.15) is 17.1 Å². The minimum Gasteiger partial charge on any atom is -0.477 e. The third-order valence-electron chi connectivity index (χ3n) is 6.66. The number of aromatic nitrogens is 2. The van der Waals surface area contributed by atoms with E-state index in [0.717, 1.165) is 29.5 Å². The molecule has 1 aromatic rings. The SMILES string of the molecule is N=CN1CC(CN2CCC(=CC3=C(C(=O)O)N4C(=O)[C@@H](NC(=O)/C(=N\O)c5nsc(N)n5)[C@H]4SC3)C2=O)C1. The largest absolute Gasteiger partial charge is 0.477 e. The van der Waals surface area contributed by atoms with Gasteiger partial charge in [0, 0.05) is 55.0 Å². The maximum absolute atomic E-state index is 12.9. The number of allylic oxidation sites excluding steroid dienone is 1. The van der Waals surface area contributed by atoms with E-state index in [4.69, 9.17) is 11.1 Å². The highest BCUT2D eigenvalue weighted by molar-refractivity contribution is 8.00. The first-order chi connectivity index (χ1) is 18.2. The Morgan fingerprint density at radius 3 is 2.71 bits per heavy atom. The maximum atomic E-state index is 12.9. The summed E-state index contributed by atoms with van der Waals surface area (Å²) in [5, 5.41) is 31.1. The number of aliphatic carboxylic acids is 1. The molecule has 4 aliphatic rings. The number of carboxylic acid groups (broad SMARTS) is 1. The second-order valence-electron chi connectivity index (χ2n) is 9.06. The van der Waals surface area contributed by atoms with E-state index in [1.165, 1.54) is 18.1 Å². The zero-order valence-electron chi connectivity index (χ0n) is 19.7. The van der Waals surface area contributed by atoms with Crippen LogP contribution in [0.4, 0.5) is 5.13 Å². The fraction of sp³-hybridized carbons (Fsp3) is 0.429. The molecule has 200 valence electrons. The number of nitrogen functional groups attached to an aromatic ring is 1. The van der Waals surface area contributed by atoms with Crippen LogP contribution in [0.5, 0.6) is 0 Å². The van der Waals surface area contributed by atoms with E-state index >= 15 is 0 Å². The lowest BCUT2D eigenvalue weighted by atomic mass is 10.0. The molecule has 17 heteroatoms. The molecule has 3 saturated heterocycles. The van der Waals surface area contributed by atoms with Crippen molar-refractivity contribution in [3.05, 3.63) is 28.7 Å². The van der Waals surface area contributed by atoms with E-state index in [1.807, 2.05) is 4.90 Å². The van der Waals surface area contributed by atoms with Gasteiger partial charge in [-0.1, -0.05) is 5.16 Å².